The van der Waals surface area contributed by atoms with E-state index in [9.17, 15) is 4.79 Å². The molecule has 1 aromatic rings. The van der Waals surface area contributed by atoms with Crippen molar-refractivity contribution in [2.24, 2.45) is 0 Å². The molecule has 0 radical (unpaired) electrons. The Morgan fingerprint density at radius 3 is 2.74 bits per heavy atom. The lowest BCUT2D eigenvalue weighted by Gasteiger charge is -2.24. The van der Waals surface area contributed by atoms with E-state index in [2.05, 4.69) is 12.1 Å². The number of carbonyl (C=O) groups is 1. The van der Waals surface area contributed by atoms with Crippen LogP contribution in [-0.4, -0.2) is 36.2 Å². The Kier molecular flexibility index (Phi) is 3.09. The first kappa shape index (κ1) is 12.7. The van der Waals surface area contributed by atoms with Crippen molar-refractivity contribution in [3.63, 3.8) is 0 Å². The van der Waals surface area contributed by atoms with Crippen LogP contribution in [0.3, 0.4) is 0 Å². The Morgan fingerprint density at radius 2 is 2.16 bits per heavy atom. The van der Waals surface area contributed by atoms with Crippen LogP contribution in [0.15, 0.2) is 10.6 Å². The van der Waals surface area contributed by atoms with Gasteiger partial charge in [-0.25, -0.2) is 0 Å². The van der Waals surface area contributed by atoms with Crippen molar-refractivity contribution in [3.05, 3.63) is 11.8 Å². The molecule has 2 fully saturated rings. The van der Waals surface area contributed by atoms with Crippen molar-refractivity contribution in [3.8, 4) is 0 Å². The third-order valence-electron chi connectivity index (χ3n) is 4.63. The van der Waals surface area contributed by atoms with E-state index in [-0.39, 0.29) is 11.3 Å². The van der Waals surface area contributed by atoms with E-state index in [0.717, 1.165) is 12.1 Å². The van der Waals surface area contributed by atoms with Crippen molar-refractivity contribution < 1.29 is 9.32 Å². The fourth-order valence-electron chi connectivity index (χ4n) is 3.36. The Hall–Kier alpha value is -1.36. The maximum Gasteiger partial charge on any atom is 0.244 e. The zero-order valence-corrected chi connectivity index (χ0v) is 11.7. The molecule has 0 bridgehead atoms. The number of anilines is 1. The smallest absolute Gasteiger partial charge is 0.244 e. The van der Waals surface area contributed by atoms with Crippen molar-refractivity contribution in [1.29, 1.82) is 0 Å². The van der Waals surface area contributed by atoms with Crippen molar-refractivity contribution >= 4 is 11.8 Å². The van der Waals surface area contributed by atoms with Gasteiger partial charge in [0, 0.05) is 11.5 Å². The second kappa shape index (κ2) is 4.63. The highest BCUT2D eigenvalue weighted by molar-refractivity contribution is 5.95. The molecule has 0 unspecified atom stereocenters. The largest absolute Gasteiger partial charge is 0.338 e. The maximum absolute atomic E-state index is 11.9. The summed E-state index contributed by atoms with van der Waals surface area (Å²) in [4.78, 5) is 15.5. The molecule has 1 saturated heterocycles. The maximum atomic E-state index is 11.9. The van der Waals surface area contributed by atoms with Crippen LogP contribution in [0.25, 0.3) is 0 Å². The highest BCUT2D eigenvalue weighted by atomic mass is 16.5. The van der Waals surface area contributed by atoms with Crippen LogP contribution in [-0.2, 0) is 10.2 Å². The lowest BCUT2D eigenvalue weighted by molar-refractivity contribution is -0.116. The molecular weight excluding hydrogens is 242 g/mol. The number of hydrogen-bond acceptors (Lipinski definition) is 4. The molecule has 1 saturated carbocycles. The molecule has 1 aromatic heterocycles. The monoisotopic (exact) mass is 263 g/mol. The zero-order chi connectivity index (χ0) is 13.5. The van der Waals surface area contributed by atoms with Crippen molar-refractivity contribution in [1.82, 2.24) is 10.1 Å². The topological polar surface area (TPSA) is 49.6 Å². The minimum Gasteiger partial charge on any atom is -0.338 e. The van der Waals surface area contributed by atoms with Gasteiger partial charge in [-0.2, -0.15) is 0 Å². The van der Waals surface area contributed by atoms with E-state index < -0.39 is 0 Å². The summed E-state index contributed by atoms with van der Waals surface area (Å²) in [6.45, 7) is 3.26. The van der Waals surface area contributed by atoms with Crippen LogP contribution in [0, 0.1) is 0 Å². The van der Waals surface area contributed by atoms with E-state index in [0.29, 0.717) is 19.1 Å². The number of rotatable bonds is 3. The number of carbonyl (C=O) groups excluding carboxylic acids is 1. The van der Waals surface area contributed by atoms with Gasteiger partial charge in [-0.15, -0.1) is 0 Å². The molecular formula is C14H21N3O2. The van der Waals surface area contributed by atoms with Gasteiger partial charge in [-0.05, 0) is 26.3 Å². The van der Waals surface area contributed by atoms with E-state index >= 15 is 0 Å². The summed E-state index contributed by atoms with van der Waals surface area (Å²) >= 11 is 0. The number of hydrogen-bond donors (Lipinski definition) is 0. The molecule has 2 aliphatic rings. The summed E-state index contributed by atoms with van der Waals surface area (Å²) in [5.41, 5.74) is 1.21. The van der Waals surface area contributed by atoms with Crippen LogP contribution in [0.1, 0.15) is 44.7 Å². The molecule has 3 rings (SSSR count). The Labute approximate surface area is 113 Å². The van der Waals surface area contributed by atoms with Crippen LogP contribution in [0.4, 0.5) is 5.88 Å². The number of nitrogens with zero attached hydrogens (tertiary/aromatic N) is 3. The van der Waals surface area contributed by atoms with Gasteiger partial charge < -0.3 is 4.52 Å². The molecule has 104 valence electrons. The predicted octanol–water partition coefficient (Wildman–Crippen LogP) is 2.13. The Morgan fingerprint density at radius 1 is 1.42 bits per heavy atom. The lowest BCUT2D eigenvalue weighted by Crippen LogP contribution is -2.25. The summed E-state index contributed by atoms with van der Waals surface area (Å²) in [7, 11) is 1.93. The third-order valence-corrected chi connectivity index (χ3v) is 4.63. The van der Waals surface area contributed by atoms with E-state index in [1.165, 1.54) is 25.7 Å². The number of aromatic nitrogens is 1. The van der Waals surface area contributed by atoms with Gasteiger partial charge in [0.15, 0.2) is 0 Å². The van der Waals surface area contributed by atoms with Crippen molar-refractivity contribution in [2.75, 3.05) is 25.2 Å². The highest BCUT2D eigenvalue weighted by Crippen LogP contribution is 2.44. The van der Waals surface area contributed by atoms with Gasteiger partial charge in [0.05, 0.1) is 18.9 Å². The summed E-state index contributed by atoms with van der Waals surface area (Å²) in [6, 6.07) is 1.98. The Bertz CT molecular complexity index is 477. The summed E-state index contributed by atoms with van der Waals surface area (Å²) in [5, 5.41) is 4.26. The molecule has 0 N–H and O–H groups in total. The summed E-state index contributed by atoms with van der Waals surface area (Å²) < 4.78 is 5.44. The second-order valence-corrected chi connectivity index (χ2v) is 5.87. The normalized spacial score (nSPS) is 23.5. The quantitative estimate of drug-likeness (QED) is 0.838. The van der Waals surface area contributed by atoms with Crippen LogP contribution in [0.5, 0.6) is 0 Å². The summed E-state index contributed by atoms with van der Waals surface area (Å²) in [5.74, 6) is 0.686. The highest BCUT2D eigenvalue weighted by Gasteiger charge is 2.38. The molecule has 0 atom stereocenters. The van der Waals surface area contributed by atoms with Gasteiger partial charge >= 0.3 is 0 Å². The molecule has 0 aromatic carbocycles. The van der Waals surface area contributed by atoms with E-state index in [1.54, 1.807) is 4.90 Å². The van der Waals surface area contributed by atoms with E-state index in [1.807, 2.05) is 18.0 Å². The van der Waals surface area contributed by atoms with Gasteiger partial charge in [0.25, 0.3) is 0 Å². The van der Waals surface area contributed by atoms with Gasteiger partial charge in [-0.1, -0.05) is 24.9 Å². The van der Waals surface area contributed by atoms with Crippen LogP contribution in [0.2, 0.25) is 0 Å². The fourth-order valence-corrected chi connectivity index (χ4v) is 3.36. The molecule has 2 heterocycles. The molecule has 1 amide bonds. The van der Waals surface area contributed by atoms with Crippen LogP contribution >= 0.6 is 0 Å². The zero-order valence-electron chi connectivity index (χ0n) is 11.7. The van der Waals surface area contributed by atoms with Crippen molar-refractivity contribution in [2.45, 2.75) is 44.4 Å². The van der Waals surface area contributed by atoms with Crippen LogP contribution < -0.4 is 4.90 Å². The predicted molar refractivity (Wildman–Crippen MR) is 71.9 cm³/mol. The SMILES string of the molecule is CCC1(c2cc(N3CN(C)CC3=O)on2)CCCC1. The van der Waals surface area contributed by atoms with Gasteiger partial charge in [-0.3, -0.25) is 14.6 Å². The third kappa shape index (κ3) is 2.06. The average Bonchev–Trinajstić information content (AvgIpc) is 3.08. The Balaban J connectivity index is 1.85. The number of likely N-dealkylation sites (N-methyl/N-ethyl adjacent to an activating group) is 1. The molecule has 1 aliphatic carbocycles. The standard InChI is InChI=1S/C14H21N3O2/c1-3-14(6-4-5-7-14)11-8-13(19-15-11)17-10-16(2)9-12(17)18/h8H,3-7,9-10H2,1-2H3. The first-order valence-corrected chi connectivity index (χ1v) is 7.11. The minimum atomic E-state index is 0.0853. The molecule has 1 aliphatic heterocycles. The van der Waals surface area contributed by atoms with E-state index in [4.69, 9.17) is 4.52 Å². The summed E-state index contributed by atoms with van der Waals surface area (Å²) in [6.07, 6.45) is 5.99. The second-order valence-electron chi connectivity index (χ2n) is 5.87. The molecule has 5 nitrogen and oxygen atoms in total. The van der Waals surface area contributed by atoms with Gasteiger partial charge in [0.1, 0.15) is 0 Å². The lowest BCUT2D eigenvalue weighted by atomic mass is 9.80. The number of amides is 1. The minimum absolute atomic E-state index is 0.0853. The first-order chi connectivity index (χ1) is 9.14. The molecule has 5 heteroatoms. The molecule has 0 spiro atoms. The fraction of sp³-hybridized carbons (Fsp3) is 0.714. The first-order valence-electron chi connectivity index (χ1n) is 7.11. The average molecular weight is 263 g/mol. The van der Waals surface area contributed by atoms with Gasteiger partial charge in [0.2, 0.25) is 11.8 Å². The molecule has 19 heavy (non-hydrogen) atoms.